The molecule has 0 saturated heterocycles. The highest BCUT2D eigenvalue weighted by Gasteiger charge is 2.19. The van der Waals surface area contributed by atoms with Crippen molar-refractivity contribution >= 4 is 38.8 Å². The van der Waals surface area contributed by atoms with E-state index in [0.29, 0.717) is 18.0 Å². The second kappa shape index (κ2) is 7.25. The number of carbonyl (C=O) groups is 1. The van der Waals surface area contributed by atoms with E-state index in [-0.39, 0.29) is 11.7 Å². The zero-order valence-electron chi connectivity index (χ0n) is 15.0. The highest BCUT2D eigenvalue weighted by molar-refractivity contribution is 7.20. The van der Waals surface area contributed by atoms with Crippen LogP contribution in [0.3, 0.4) is 0 Å². The first kappa shape index (κ1) is 17.9. The Kier molecular flexibility index (Phi) is 4.80. The zero-order valence-corrected chi connectivity index (χ0v) is 16.6. The SMILES string of the molecule is Cc1nn(Cc2ccc(F)cc2)c2sc(C(=O)N(C)Cc3cccs3)cc12. The average molecular weight is 400 g/mol. The second-order valence-corrected chi connectivity index (χ2v) is 8.50. The predicted molar refractivity (Wildman–Crippen MR) is 108 cm³/mol. The Morgan fingerprint density at radius 2 is 2.04 bits per heavy atom. The molecule has 27 heavy (non-hydrogen) atoms. The summed E-state index contributed by atoms with van der Waals surface area (Å²) in [7, 11) is 1.82. The van der Waals surface area contributed by atoms with Crippen LogP contribution < -0.4 is 0 Å². The second-order valence-electron chi connectivity index (χ2n) is 6.44. The van der Waals surface area contributed by atoms with Gasteiger partial charge >= 0.3 is 0 Å². The number of rotatable bonds is 5. The molecule has 0 aliphatic carbocycles. The summed E-state index contributed by atoms with van der Waals surface area (Å²) in [5.74, 6) is -0.240. The molecular formula is C20H18FN3OS2. The van der Waals surface area contributed by atoms with Gasteiger partial charge < -0.3 is 4.90 Å². The van der Waals surface area contributed by atoms with Gasteiger partial charge in [0.2, 0.25) is 0 Å². The molecule has 3 aromatic heterocycles. The van der Waals surface area contributed by atoms with E-state index in [9.17, 15) is 9.18 Å². The molecule has 0 fully saturated rings. The maximum absolute atomic E-state index is 13.1. The molecule has 0 aliphatic heterocycles. The van der Waals surface area contributed by atoms with E-state index in [1.165, 1.54) is 23.5 Å². The summed E-state index contributed by atoms with van der Waals surface area (Å²) < 4.78 is 15.0. The van der Waals surface area contributed by atoms with Crippen molar-refractivity contribution in [2.24, 2.45) is 0 Å². The first-order chi connectivity index (χ1) is 13.0. The Hall–Kier alpha value is -2.51. The number of fused-ring (bicyclic) bond motifs is 1. The molecule has 0 radical (unpaired) electrons. The van der Waals surface area contributed by atoms with Crippen molar-refractivity contribution in [3.63, 3.8) is 0 Å². The van der Waals surface area contributed by atoms with Gasteiger partial charge in [-0.25, -0.2) is 4.39 Å². The predicted octanol–water partition coefficient (Wildman–Crippen LogP) is 4.93. The molecule has 4 aromatic rings. The van der Waals surface area contributed by atoms with E-state index in [2.05, 4.69) is 5.10 Å². The molecule has 138 valence electrons. The third-order valence-electron chi connectivity index (χ3n) is 4.38. The van der Waals surface area contributed by atoms with Gasteiger partial charge in [-0.05, 0) is 42.1 Å². The van der Waals surface area contributed by atoms with E-state index in [0.717, 1.165) is 26.4 Å². The number of hydrogen-bond donors (Lipinski definition) is 0. The van der Waals surface area contributed by atoms with Gasteiger partial charge in [-0.1, -0.05) is 18.2 Å². The number of halogens is 1. The number of aromatic nitrogens is 2. The van der Waals surface area contributed by atoms with E-state index < -0.39 is 0 Å². The van der Waals surface area contributed by atoms with Gasteiger partial charge in [0.15, 0.2) is 0 Å². The number of nitrogens with zero attached hydrogens (tertiary/aromatic N) is 3. The van der Waals surface area contributed by atoms with Crippen molar-refractivity contribution in [2.75, 3.05) is 7.05 Å². The van der Waals surface area contributed by atoms with Crippen LogP contribution in [0.15, 0.2) is 47.8 Å². The van der Waals surface area contributed by atoms with Crippen LogP contribution in [0.4, 0.5) is 4.39 Å². The van der Waals surface area contributed by atoms with Gasteiger partial charge in [0, 0.05) is 17.3 Å². The summed E-state index contributed by atoms with van der Waals surface area (Å²) in [4.78, 5) is 17.4. The summed E-state index contributed by atoms with van der Waals surface area (Å²) >= 11 is 3.10. The molecule has 0 saturated carbocycles. The number of hydrogen-bond acceptors (Lipinski definition) is 4. The van der Waals surface area contributed by atoms with E-state index >= 15 is 0 Å². The molecule has 0 N–H and O–H groups in total. The Bertz CT molecular complexity index is 1080. The van der Waals surface area contributed by atoms with Crippen molar-refractivity contribution in [1.29, 1.82) is 0 Å². The van der Waals surface area contributed by atoms with Crippen molar-refractivity contribution < 1.29 is 9.18 Å². The lowest BCUT2D eigenvalue weighted by Gasteiger charge is -2.14. The van der Waals surface area contributed by atoms with Crippen molar-refractivity contribution in [1.82, 2.24) is 14.7 Å². The maximum Gasteiger partial charge on any atom is 0.264 e. The molecule has 0 unspecified atom stereocenters. The molecular weight excluding hydrogens is 381 g/mol. The summed E-state index contributed by atoms with van der Waals surface area (Å²) in [5.41, 5.74) is 1.86. The number of aryl methyl sites for hydroxylation is 1. The largest absolute Gasteiger partial charge is 0.336 e. The van der Waals surface area contributed by atoms with Crippen LogP contribution in [0.25, 0.3) is 10.2 Å². The fraction of sp³-hybridized carbons (Fsp3) is 0.200. The number of amides is 1. The highest BCUT2D eigenvalue weighted by Crippen LogP contribution is 2.30. The third-order valence-corrected chi connectivity index (χ3v) is 6.38. The van der Waals surface area contributed by atoms with Crippen LogP contribution in [-0.4, -0.2) is 27.6 Å². The normalized spacial score (nSPS) is 11.2. The third kappa shape index (κ3) is 3.65. The Labute approximate surface area is 164 Å². The van der Waals surface area contributed by atoms with Crippen LogP contribution in [-0.2, 0) is 13.1 Å². The molecule has 1 aromatic carbocycles. The summed E-state index contributed by atoms with van der Waals surface area (Å²) in [5, 5.41) is 7.59. The number of carbonyl (C=O) groups excluding carboxylic acids is 1. The summed E-state index contributed by atoms with van der Waals surface area (Å²) in [6, 6.07) is 12.4. The molecule has 0 spiro atoms. The van der Waals surface area contributed by atoms with Crippen LogP contribution in [0.5, 0.6) is 0 Å². The minimum absolute atomic E-state index is 0.0114. The molecule has 4 nitrogen and oxygen atoms in total. The van der Waals surface area contributed by atoms with Gasteiger partial charge in [0.25, 0.3) is 5.91 Å². The monoisotopic (exact) mass is 399 g/mol. The number of thiophene rings is 2. The Morgan fingerprint density at radius 1 is 1.26 bits per heavy atom. The molecule has 0 bridgehead atoms. The van der Waals surface area contributed by atoms with Gasteiger partial charge in [-0.2, -0.15) is 5.10 Å². The molecule has 1 amide bonds. The lowest BCUT2D eigenvalue weighted by atomic mass is 10.2. The minimum Gasteiger partial charge on any atom is -0.336 e. The van der Waals surface area contributed by atoms with Crippen LogP contribution in [0, 0.1) is 12.7 Å². The van der Waals surface area contributed by atoms with Crippen molar-refractivity contribution in [3.8, 4) is 0 Å². The zero-order chi connectivity index (χ0) is 19.0. The van der Waals surface area contributed by atoms with Crippen molar-refractivity contribution in [3.05, 3.63) is 74.7 Å². The number of benzene rings is 1. The molecule has 0 atom stereocenters. The molecule has 4 rings (SSSR count). The topological polar surface area (TPSA) is 38.1 Å². The van der Waals surface area contributed by atoms with Crippen LogP contribution in [0.2, 0.25) is 0 Å². The van der Waals surface area contributed by atoms with Crippen LogP contribution >= 0.6 is 22.7 Å². The Balaban J connectivity index is 1.60. The quantitative estimate of drug-likeness (QED) is 0.477. The molecule has 0 aliphatic rings. The van der Waals surface area contributed by atoms with Crippen LogP contribution in [0.1, 0.15) is 25.8 Å². The lowest BCUT2D eigenvalue weighted by Crippen LogP contribution is -2.24. The molecule has 3 heterocycles. The maximum atomic E-state index is 13.1. The van der Waals surface area contributed by atoms with Gasteiger partial charge in [0.1, 0.15) is 10.6 Å². The van der Waals surface area contributed by atoms with Gasteiger partial charge in [0.05, 0.1) is 23.7 Å². The molecule has 7 heteroatoms. The van der Waals surface area contributed by atoms with Gasteiger partial charge in [-0.15, -0.1) is 22.7 Å². The standard InChI is InChI=1S/C20H18FN3OS2/c1-13-17-10-18(19(25)23(2)12-16-4-3-9-26-16)27-20(17)24(22-13)11-14-5-7-15(21)8-6-14/h3-10H,11-12H2,1-2H3. The fourth-order valence-electron chi connectivity index (χ4n) is 2.98. The van der Waals surface area contributed by atoms with E-state index in [1.54, 1.807) is 28.4 Å². The first-order valence-corrected chi connectivity index (χ1v) is 10.2. The van der Waals surface area contributed by atoms with E-state index in [4.69, 9.17) is 0 Å². The smallest absolute Gasteiger partial charge is 0.264 e. The van der Waals surface area contributed by atoms with E-state index in [1.807, 2.05) is 42.2 Å². The van der Waals surface area contributed by atoms with Gasteiger partial charge in [-0.3, -0.25) is 9.48 Å². The highest BCUT2D eigenvalue weighted by atomic mass is 32.1. The summed E-state index contributed by atoms with van der Waals surface area (Å²) in [6.45, 7) is 3.09. The average Bonchev–Trinajstić information content (AvgIpc) is 3.36. The Morgan fingerprint density at radius 3 is 2.74 bits per heavy atom. The fourth-order valence-corrected chi connectivity index (χ4v) is 4.90. The lowest BCUT2D eigenvalue weighted by molar-refractivity contribution is 0.0791. The summed E-state index contributed by atoms with van der Waals surface area (Å²) in [6.07, 6.45) is 0. The van der Waals surface area contributed by atoms with Crippen molar-refractivity contribution in [2.45, 2.75) is 20.0 Å². The minimum atomic E-state index is -0.252. The first-order valence-electron chi connectivity index (χ1n) is 8.50.